The van der Waals surface area contributed by atoms with E-state index >= 15 is 0 Å². The Morgan fingerprint density at radius 1 is 1.22 bits per heavy atom. The molecular weight excluding hydrogens is 295 g/mol. The van der Waals surface area contributed by atoms with Crippen molar-refractivity contribution in [2.75, 3.05) is 13.2 Å². The van der Waals surface area contributed by atoms with Crippen molar-refractivity contribution >= 4 is 13.8 Å². The van der Waals surface area contributed by atoms with Crippen molar-refractivity contribution in [2.45, 2.75) is 71.6 Å². The minimum atomic E-state index is -0.540. The van der Waals surface area contributed by atoms with Crippen LogP contribution in [0.5, 0.6) is 0 Å². The van der Waals surface area contributed by atoms with Crippen molar-refractivity contribution < 1.29 is 18.8 Å². The van der Waals surface area contributed by atoms with Crippen molar-refractivity contribution in [1.29, 1.82) is 0 Å². The number of hydrogen-bond acceptors (Lipinski definition) is 6. The van der Waals surface area contributed by atoms with Crippen LogP contribution in [-0.2, 0) is 18.8 Å². The molecule has 23 heavy (non-hydrogen) atoms. The van der Waals surface area contributed by atoms with Crippen LogP contribution in [0.15, 0.2) is 16.8 Å². The van der Waals surface area contributed by atoms with Gasteiger partial charge in [-0.1, -0.05) is 0 Å². The molecule has 2 rings (SSSR count). The Morgan fingerprint density at radius 3 is 2.22 bits per heavy atom. The third kappa shape index (κ3) is 4.15. The van der Waals surface area contributed by atoms with Gasteiger partial charge in [0, 0.05) is 12.9 Å². The van der Waals surface area contributed by atoms with E-state index in [9.17, 15) is 0 Å². The highest BCUT2D eigenvalue weighted by Gasteiger charge is 2.51. The molecule has 1 atom stereocenters. The van der Waals surface area contributed by atoms with Gasteiger partial charge < -0.3 is 18.8 Å². The molecule has 2 saturated heterocycles. The van der Waals surface area contributed by atoms with Gasteiger partial charge in [-0.05, 0) is 53.9 Å². The first kappa shape index (κ1) is 18.5. The van der Waals surface area contributed by atoms with E-state index in [1.54, 1.807) is 5.01 Å². The van der Waals surface area contributed by atoms with Gasteiger partial charge in [0.2, 0.25) is 0 Å². The zero-order valence-corrected chi connectivity index (χ0v) is 15.4. The fraction of sp³-hybridized carbons (Fsp3) is 0.812. The molecule has 7 heteroatoms. The summed E-state index contributed by atoms with van der Waals surface area (Å²) in [6, 6.07) is 0. The lowest BCUT2D eigenvalue weighted by Gasteiger charge is -2.32. The van der Waals surface area contributed by atoms with Crippen LogP contribution in [0.1, 0.15) is 48.5 Å². The van der Waals surface area contributed by atoms with Crippen LogP contribution in [0.3, 0.4) is 0 Å². The number of hydrazone groups is 1. The average Bonchev–Trinajstić information content (AvgIpc) is 2.85. The Labute approximate surface area is 139 Å². The fourth-order valence-electron chi connectivity index (χ4n) is 2.54. The molecule has 0 bridgehead atoms. The third-order valence-corrected chi connectivity index (χ3v) is 4.62. The van der Waals surface area contributed by atoms with Gasteiger partial charge in [0.05, 0.1) is 24.4 Å². The Kier molecular flexibility index (Phi) is 4.98. The van der Waals surface area contributed by atoms with Gasteiger partial charge in [-0.15, -0.1) is 0 Å². The van der Waals surface area contributed by atoms with Crippen molar-refractivity contribution in [1.82, 2.24) is 5.01 Å². The van der Waals surface area contributed by atoms with Crippen LogP contribution in [0, 0.1) is 0 Å². The monoisotopic (exact) mass is 324 g/mol. The highest BCUT2D eigenvalue weighted by atomic mass is 16.7. The minimum Gasteiger partial charge on any atom is -0.400 e. The summed E-state index contributed by atoms with van der Waals surface area (Å²) in [5.74, 6) is -0.540. The van der Waals surface area contributed by atoms with Crippen molar-refractivity contribution in [3.8, 4) is 0 Å². The molecule has 2 heterocycles. The molecule has 0 N–H and O–H groups in total. The van der Waals surface area contributed by atoms with Crippen LogP contribution >= 0.6 is 0 Å². The predicted molar refractivity (Wildman–Crippen MR) is 91.0 cm³/mol. The maximum absolute atomic E-state index is 6.04. The Bertz CT molecular complexity index is 474. The van der Waals surface area contributed by atoms with Gasteiger partial charge in [-0.25, -0.2) is 0 Å². The Balaban J connectivity index is 2.00. The number of allylic oxidation sites excluding steroid dienone is 1. The summed E-state index contributed by atoms with van der Waals surface area (Å²) >= 11 is 0. The number of rotatable bonds is 5. The summed E-state index contributed by atoms with van der Waals surface area (Å²) in [4.78, 5) is 0. The van der Waals surface area contributed by atoms with Crippen LogP contribution in [0.2, 0.25) is 0 Å². The first-order valence-corrected chi connectivity index (χ1v) is 8.05. The van der Waals surface area contributed by atoms with Crippen molar-refractivity contribution in [2.24, 2.45) is 5.10 Å². The number of ether oxygens (including phenoxy) is 2. The van der Waals surface area contributed by atoms with E-state index in [0.29, 0.717) is 13.2 Å². The van der Waals surface area contributed by atoms with E-state index in [-0.39, 0.29) is 24.4 Å². The first-order chi connectivity index (χ1) is 10.5. The molecule has 6 nitrogen and oxygen atoms in total. The van der Waals surface area contributed by atoms with Crippen LogP contribution < -0.4 is 0 Å². The smallest absolute Gasteiger partial charge is 0.400 e. The zero-order valence-electron chi connectivity index (χ0n) is 15.4. The average molecular weight is 324 g/mol. The van der Waals surface area contributed by atoms with Crippen LogP contribution in [0.25, 0.3) is 0 Å². The summed E-state index contributed by atoms with van der Waals surface area (Å²) in [7, 11) is -0.388. The molecular formula is C16H29BN2O4. The summed E-state index contributed by atoms with van der Waals surface area (Å²) in [6.45, 7) is 18.7. The summed E-state index contributed by atoms with van der Waals surface area (Å²) < 4.78 is 23.5. The molecule has 0 aromatic rings. The van der Waals surface area contributed by atoms with E-state index < -0.39 is 5.79 Å². The highest BCUT2D eigenvalue weighted by molar-refractivity contribution is 6.54. The lowest BCUT2D eigenvalue weighted by Crippen LogP contribution is -2.41. The highest BCUT2D eigenvalue weighted by Crippen LogP contribution is 2.38. The van der Waals surface area contributed by atoms with Gasteiger partial charge in [0.25, 0.3) is 0 Å². The van der Waals surface area contributed by atoms with E-state index in [0.717, 1.165) is 5.47 Å². The van der Waals surface area contributed by atoms with Gasteiger partial charge in [-0.3, -0.25) is 5.01 Å². The van der Waals surface area contributed by atoms with Gasteiger partial charge in [0.15, 0.2) is 5.79 Å². The molecule has 2 fully saturated rings. The van der Waals surface area contributed by atoms with E-state index in [4.69, 9.17) is 18.8 Å². The van der Waals surface area contributed by atoms with E-state index in [2.05, 4.69) is 11.8 Å². The fourth-order valence-corrected chi connectivity index (χ4v) is 2.54. The summed E-state index contributed by atoms with van der Waals surface area (Å²) in [6.07, 6.45) is 1.85. The topological polar surface area (TPSA) is 52.5 Å². The molecule has 2 aliphatic rings. The molecule has 0 aliphatic carbocycles. The third-order valence-electron chi connectivity index (χ3n) is 4.62. The largest absolute Gasteiger partial charge is 0.491 e. The molecule has 2 aliphatic heterocycles. The molecule has 0 amide bonds. The zero-order chi connectivity index (χ0) is 17.5. The van der Waals surface area contributed by atoms with Crippen LogP contribution in [-0.4, -0.2) is 55.1 Å². The quantitative estimate of drug-likeness (QED) is 0.442. The van der Waals surface area contributed by atoms with Gasteiger partial charge in [0.1, 0.15) is 6.10 Å². The lowest BCUT2D eigenvalue weighted by atomic mass is 9.80. The SMILES string of the molecule is C=NN(/C=C(\C)B1OC(C)(C)C(C)(C)O1)CC1COC(C)(C)O1. The molecule has 0 radical (unpaired) electrons. The Morgan fingerprint density at radius 2 is 1.78 bits per heavy atom. The summed E-state index contributed by atoms with van der Waals surface area (Å²) in [5.41, 5.74) is 0.228. The number of nitrogens with zero attached hydrogens (tertiary/aromatic N) is 2. The maximum atomic E-state index is 6.04. The van der Waals surface area contributed by atoms with E-state index in [1.165, 1.54) is 0 Å². The molecule has 1 unspecified atom stereocenters. The Hall–Kier alpha value is -0.885. The van der Waals surface area contributed by atoms with E-state index in [1.807, 2.05) is 54.7 Å². The standard InChI is InChI=1S/C16H29BN2O4/c1-12(17-22-14(2,3)15(4,5)23-17)9-19(18-8)10-13-11-20-16(6,7)21-13/h9,13H,8,10-11H2,1-7H3/b12-9+. The normalized spacial score (nSPS) is 28.9. The maximum Gasteiger partial charge on any atom is 0.491 e. The first-order valence-electron chi connectivity index (χ1n) is 8.05. The predicted octanol–water partition coefficient (Wildman–Crippen LogP) is 2.59. The second-order valence-electron chi connectivity index (χ2n) is 7.68. The molecule has 0 aromatic carbocycles. The molecule has 0 saturated carbocycles. The van der Waals surface area contributed by atoms with Crippen LogP contribution in [0.4, 0.5) is 0 Å². The number of hydrogen-bond donors (Lipinski definition) is 0. The lowest BCUT2D eigenvalue weighted by molar-refractivity contribution is -0.139. The molecule has 0 aromatic heterocycles. The van der Waals surface area contributed by atoms with Gasteiger partial charge in [-0.2, -0.15) is 5.10 Å². The second-order valence-corrected chi connectivity index (χ2v) is 7.68. The van der Waals surface area contributed by atoms with Crippen molar-refractivity contribution in [3.05, 3.63) is 11.7 Å². The second kappa shape index (κ2) is 6.20. The van der Waals surface area contributed by atoms with Crippen molar-refractivity contribution in [3.63, 3.8) is 0 Å². The summed E-state index contributed by atoms with van der Waals surface area (Å²) in [5, 5.41) is 5.79. The van der Waals surface area contributed by atoms with Gasteiger partial charge >= 0.3 is 7.12 Å². The minimum absolute atomic E-state index is 0.0437. The molecule has 0 spiro atoms. The molecule has 130 valence electrons.